The Kier molecular flexibility index (Phi) is 7.95. The predicted octanol–water partition coefficient (Wildman–Crippen LogP) is 4.97. The molecule has 12 heteroatoms. The van der Waals surface area contributed by atoms with E-state index in [1.165, 1.54) is 41.0 Å². The molecule has 0 radical (unpaired) electrons. The highest BCUT2D eigenvalue weighted by Gasteiger charge is 2.56. The van der Waals surface area contributed by atoms with Crippen LogP contribution in [0.2, 0.25) is 0 Å². The Balaban J connectivity index is 1.37. The van der Waals surface area contributed by atoms with Gasteiger partial charge < -0.3 is 10.1 Å². The molecule has 2 aliphatic rings. The van der Waals surface area contributed by atoms with Crippen molar-refractivity contribution in [1.29, 1.82) is 0 Å². The van der Waals surface area contributed by atoms with Crippen LogP contribution >= 0.6 is 23.1 Å². The Morgan fingerprint density at radius 3 is 2.39 bits per heavy atom. The number of amides is 3. The Hall–Kier alpha value is -4.55. The number of aryl methyl sites for hydroxylation is 1. The number of thioether (sulfide) groups is 1. The molecule has 3 heterocycles. The number of carbonyl (C=O) groups excluding carboxylic acids is 4. The number of ether oxygens (including phenoxy) is 1. The number of hydrogen-bond donors (Lipinski definition) is 1. The van der Waals surface area contributed by atoms with Crippen LogP contribution in [0.3, 0.4) is 0 Å². The summed E-state index contributed by atoms with van der Waals surface area (Å²) in [4.78, 5) is 67.6. The van der Waals surface area contributed by atoms with Crippen molar-refractivity contribution in [3.63, 3.8) is 0 Å². The lowest BCUT2D eigenvalue weighted by Crippen LogP contribution is -2.33. The van der Waals surface area contributed by atoms with Crippen LogP contribution in [0.15, 0.2) is 82.6 Å². The van der Waals surface area contributed by atoms with E-state index >= 15 is 0 Å². The largest absolute Gasteiger partial charge is 0.462 e. The minimum atomic E-state index is -0.908. The topological polar surface area (TPSA) is 115 Å². The zero-order chi connectivity index (χ0) is 31.1. The molecule has 44 heavy (non-hydrogen) atoms. The van der Waals surface area contributed by atoms with E-state index in [0.717, 1.165) is 33.6 Å². The molecule has 224 valence electrons. The Morgan fingerprint density at radius 2 is 1.70 bits per heavy atom. The van der Waals surface area contributed by atoms with Crippen LogP contribution in [-0.4, -0.2) is 40.1 Å². The second kappa shape index (κ2) is 11.9. The molecule has 2 unspecified atom stereocenters. The van der Waals surface area contributed by atoms with E-state index in [-0.39, 0.29) is 18.7 Å². The summed E-state index contributed by atoms with van der Waals surface area (Å²) in [6.45, 7) is 3.51. The summed E-state index contributed by atoms with van der Waals surface area (Å²) in [5, 5.41) is 2.33. The molecule has 1 aromatic heterocycles. The minimum absolute atomic E-state index is 0.206. The molecule has 1 saturated heterocycles. The third-order valence-corrected chi connectivity index (χ3v) is 10.1. The number of fused-ring (bicyclic) bond motifs is 2. The lowest BCUT2D eigenvalue weighted by atomic mass is 9.83. The summed E-state index contributed by atoms with van der Waals surface area (Å²) >= 11 is 2.00. The van der Waals surface area contributed by atoms with E-state index in [1.807, 2.05) is 25.1 Å². The zero-order valence-corrected chi connectivity index (χ0v) is 25.2. The highest BCUT2D eigenvalue weighted by atomic mass is 32.2. The summed E-state index contributed by atoms with van der Waals surface area (Å²) in [6.07, 6.45) is 0. The van der Waals surface area contributed by atoms with E-state index < -0.39 is 51.5 Å². The molecule has 0 saturated carbocycles. The van der Waals surface area contributed by atoms with Gasteiger partial charge in [-0.1, -0.05) is 47.4 Å². The average Bonchev–Trinajstić information content (AvgIpc) is 3.44. The van der Waals surface area contributed by atoms with Crippen LogP contribution in [-0.2, 0) is 25.7 Å². The van der Waals surface area contributed by atoms with E-state index in [0.29, 0.717) is 26.8 Å². The van der Waals surface area contributed by atoms with Gasteiger partial charge in [0.05, 0.1) is 28.8 Å². The maximum Gasteiger partial charge on any atom is 0.338 e. The number of hydrogen-bond acceptors (Lipinski definition) is 8. The highest BCUT2D eigenvalue weighted by Crippen LogP contribution is 2.53. The summed E-state index contributed by atoms with van der Waals surface area (Å²) in [5.74, 6) is -3.98. The van der Waals surface area contributed by atoms with Crippen LogP contribution in [0.1, 0.15) is 39.2 Å². The molecule has 0 spiro atoms. The van der Waals surface area contributed by atoms with Gasteiger partial charge in [0.1, 0.15) is 17.6 Å². The molecular weight excluding hydrogens is 605 g/mol. The molecule has 6 rings (SSSR count). The fourth-order valence-corrected chi connectivity index (χ4v) is 8.34. The van der Waals surface area contributed by atoms with Gasteiger partial charge >= 0.3 is 10.8 Å². The molecule has 3 aromatic carbocycles. The number of thiazole rings is 1. The van der Waals surface area contributed by atoms with Gasteiger partial charge in [-0.25, -0.2) is 14.1 Å². The van der Waals surface area contributed by atoms with E-state index in [2.05, 4.69) is 5.32 Å². The predicted molar refractivity (Wildman–Crippen MR) is 165 cm³/mol. The minimum Gasteiger partial charge on any atom is -0.462 e. The van der Waals surface area contributed by atoms with Crippen molar-refractivity contribution in [3.8, 4) is 0 Å². The standard InChI is InChI=1S/C32H26FN3O6S2/c1-3-42-31(40)19-9-13-22(14-10-19)36-28(38)25-24(18-7-11-20(33)12-8-18)27-30(43-26(25)29(36)39)35(32(41)44-27)16-23(37)34-21-6-4-5-17(2)15-21/h4-15,24-26H,3,16H2,1-2H3,(H,34,37)/t24-,25?,26?/m1/s1. The van der Waals surface area contributed by atoms with E-state index in [4.69, 9.17) is 4.74 Å². The second-order valence-corrected chi connectivity index (χ2v) is 12.5. The van der Waals surface area contributed by atoms with Gasteiger partial charge in [-0.15, -0.1) is 0 Å². The first-order chi connectivity index (χ1) is 21.2. The quantitative estimate of drug-likeness (QED) is 0.226. The number of benzene rings is 3. The van der Waals surface area contributed by atoms with Crippen molar-refractivity contribution in [2.24, 2.45) is 5.92 Å². The number of imide groups is 1. The number of aromatic nitrogens is 1. The monoisotopic (exact) mass is 631 g/mol. The van der Waals surface area contributed by atoms with Gasteiger partial charge in [-0.2, -0.15) is 0 Å². The normalized spacial score (nSPS) is 19.0. The van der Waals surface area contributed by atoms with Crippen molar-refractivity contribution in [2.45, 2.75) is 36.6 Å². The van der Waals surface area contributed by atoms with Crippen molar-refractivity contribution in [3.05, 3.63) is 110 Å². The smallest absolute Gasteiger partial charge is 0.338 e. The molecule has 2 aliphatic heterocycles. The van der Waals surface area contributed by atoms with Gasteiger partial charge in [0.25, 0.3) is 0 Å². The van der Waals surface area contributed by atoms with Crippen LogP contribution < -0.4 is 15.1 Å². The SMILES string of the molecule is CCOC(=O)c1ccc(N2C(=O)C3Sc4c(sc(=O)n4CC(=O)Nc4cccc(C)c4)[C@H](c4ccc(F)cc4)C3C2=O)cc1. The van der Waals surface area contributed by atoms with Crippen molar-refractivity contribution in [1.82, 2.24) is 4.57 Å². The summed E-state index contributed by atoms with van der Waals surface area (Å²) in [5.41, 5.74) is 2.69. The lowest BCUT2D eigenvalue weighted by Gasteiger charge is -2.30. The van der Waals surface area contributed by atoms with Gasteiger partial charge in [0.2, 0.25) is 17.7 Å². The number of nitrogens with one attached hydrogen (secondary N) is 1. The summed E-state index contributed by atoms with van der Waals surface area (Å²) < 4.78 is 20.3. The molecule has 3 amide bonds. The Morgan fingerprint density at radius 1 is 0.977 bits per heavy atom. The van der Waals surface area contributed by atoms with Crippen LogP contribution in [0.5, 0.6) is 0 Å². The van der Waals surface area contributed by atoms with Gasteiger partial charge in [-0.05, 0) is 73.5 Å². The van der Waals surface area contributed by atoms with Crippen LogP contribution in [0.4, 0.5) is 15.8 Å². The van der Waals surface area contributed by atoms with E-state index in [9.17, 15) is 28.4 Å². The number of anilines is 2. The van der Waals surface area contributed by atoms with Crippen molar-refractivity contribution >= 4 is 58.2 Å². The molecule has 1 N–H and O–H groups in total. The third-order valence-electron chi connectivity index (χ3n) is 7.52. The number of rotatable bonds is 7. The van der Waals surface area contributed by atoms with Crippen molar-refractivity contribution < 1.29 is 28.3 Å². The number of esters is 1. The molecule has 0 aliphatic carbocycles. The van der Waals surface area contributed by atoms with Gasteiger partial charge in [0.15, 0.2) is 0 Å². The number of nitrogens with zero attached hydrogens (tertiary/aromatic N) is 2. The fraction of sp³-hybridized carbons (Fsp3) is 0.219. The number of carbonyl (C=O) groups is 4. The molecule has 4 aromatic rings. The first-order valence-corrected chi connectivity index (χ1v) is 15.5. The maximum absolute atomic E-state index is 14.0. The number of halogens is 1. The fourth-order valence-electron chi connectivity index (χ4n) is 5.57. The van der Waals surface area contributed by atoms with E-state index in [1.54, 1.807) is 25.1 Å². The Bertz CT molecular complexity index is 1850. The Labute approximate surface area is 259 Å². The third kappa shape index (κ3) is 5.35. The zero-order valence-electron chi connectivity index (χ0n) is 23.6. The highest BCUT2D eigenvalue weighted by molar-refractivity contribution is 8.00. The second-order valence-electron chi connectivity index (χ2n) is 10.4. The van der Waals surface area contributed by atoms with Gasteiger partial charge in [-0.3, -0.25) is 23.7 Å². The molecule has 0 bridgehead atoms. The summed E-state index contributed by atoms with van der Waals surface area (Å²) in [6, 6.07) is 18.9. The molecule has 9 nitrogen and oxygen atoms in total. The van der Waals surface area contributed by atoms with Crippen LogP contribution in [0, 0.1) is 18.7 Å². The lowest BCUT2D eigenvalue weighted by molar-refractivity contribution is -0.122. The molecular formula is C32H26FN3O6S2. The summed E-state index contributed by atoms with van der Waals surface area (Å²) in [7, 11) is 0. The van der Waals surface area contributed by atoms with Crippen LogP contribution in [0.25, 0.3) is 0 Å². The van der Waals surface area contributed by atoms with Crippen molar-refractivity contribution in [2.75, 3.05) is 16.8 Å². The molecule has 1 fully saturated rings. The average molecular weight is 632 g/mol. The first-order valence-electron chi connectivity index (χ1n) is 13.8. The maximum atomic E-state index is 14.0. The van der Waals surface area contributed by atoms with Gasteiger partial charge in [0, 0.05) is 16.5 Å². The molecule has 3 atom stereocenters. The first kappa shape index (κ1) is 29.5.